The Balaban J connectivity index is 1.93. The van der Waals surface area contributed by atoms with Crippen molar-refractivity contribution in [1.82, 2.24) is 9.97 Å². The molecule has 0 amide bonds. The number of nitrogens with zero attached hydrogens (tertiary/aromatic N) is 3. The van der Waals surface area contributed by atoms with E-state index in [1.54, 1.807) is 0 Å². The average molecular weight is 339 g/mol. The molecule has 17 heavy (non-hydrogen) atoms. The SMILES string of the molecule is CN(CCc1ccccc1)c1ncc(I)cn1. The summed E-state index contributed by atoms with van der Waals surface area (Å²) in [6.45, 7) is 0.921. The molecule has 2 aromatic rings. The number of hydrogen-bond acceptors (Lipinski definition) is 3. The second-order valence-corrected chi connectivity index (χ2v) is 5.10. The molecular weight excluding hydrogens is 325 g/mol. The Morgan fingerprint density at radius 1 is 1.12 bits per heavy atom. The summed E-state index contributed by atoms with van der Waals surface area (Å²) in [6, 6.07) is 10.5. The fourth-order valence-corrected chi connectivity index (χ4v) is 1.82. The number of aromatic nitrogens is 2. The van der Waals surface area contributed by atoms with Crippen LogP contribution in [0, 0.1) is 3.57 Å². The van der Waals surface area contributed by atoms with Crippen molar-refractivity contribution in [2.24, 2.45) is 0 Å². The molecule has 0 atom stereocenters. The van der Waals surface area contributed by atoms with Crippen molar-refractivity contribution < 1.29 is 0 Å². The predicted octanol–water partition coefficient (Wildman–Crippen LogP) is 2.76. The molecule has 0 bridgehead atoms. The molecule has 0 saturated carbocycles. The van der Waals surface area contributed by atoms with E-state index in [4.69, 9.17) is 0 Å². The smallest absolute Gasteiger partial charge is 0.225 e. The number of rotatable bonds is 4. The van der Waals surface area contributed by atoms with Gasteiger partial charge in [0.05, 0.1) is 0 Å². The standard InChI is InChI=1S/C13H14IN3/c1-17(13-15-9-12(14)10-16-13)8-7-11-5-3-2-4-6-11/h2-6,9-10H,7-8H2,1H3. The molecule has 4 heteroatoms. The Bertz CT molecular complexity index is 456. The van der Waals surface area contributed by atoms with E-state index < -0.39 is 0 Å². The van der Waals surface area contributed by atoms with Gasteiger partial charge in [0.1, 0.15) is 0 Å². The molecule has 88 valence electrons. The summed E-state index contributed by atoms with van der Waals surface area (Å²) >= 11 is 2.21. The maximum atomic E-state index is 4.30. The third-order valence-corrected chi connectivity index (χ3v) is 3.08. The van der Waals surface area contributed by atoms with E-state index in [9.17, 15) is 0 Å². The maximum Gasteiger partial charge on any atom is 0.225 e. The van der Waals surface area contributed by atoms with Gasteiger partial charge in [-0.15, -0.1) is 0 Å². The molecular formula is C13H14IN3. The molecule has 0 fully saturated rings. The first-order chi connectivity index (χ1) is 8.25. The minimum absolute atomic E-state index is 0.779. The molecule has 2 rings (SSSR count). The van der Waals surface area contributed by atoms with Gasteiger partial charge in [0.15, 0.2) is 0 Å². The zero-order chi connectivity index (χ0) is 12.1. The number of likely N-dealkylation sites (N-methyl/N-ethyl adjacent to an activating group) is 1. The summed E-state index contributed by atoms with van der Waals surface area (Å²) in [5.41, 5.74) is 1.34. The number of anilines is 1. The molecule has 0 radical (unpaired) electrons. The van der Waals surface area contributed by atoms with E-state index in [2.05, 4.69) is 61.7 Å². The molecule has 0 unspecified atom stereocenters. The lowest BCUT2D eigenvalue weighted by Gasteiger charge is -2.16. The second-order valence-electron chi connectivity index (χ2n) is 3.86. The van der Waals surface area contributed by atoms with Crippen molar-refractivity contribution >= 4 is 28.5 Å². The molecule has 1 heterocycles. The van der Waals surface area contributed by atoms with E-state index in [-0.39, 0.29) is 0 Å². The maximum absolute atomic E-state index is 4.30. The highest BCUT2D eigenvalue weighted by Crippen LogP contribution is 2.08. The quantitative estimate of drug-likeness (QED) is 0.802. The lowest BCUT2D eigenvalue weighted by molar-refractivity contribution is 0.836. The molecule has 0 N–H and O–H groups in total. The Morgan fingerprint density at radius 3 is 2.41 bits per heavy atom. The van der Waals surface area contributed by atoms with Gasteiger partial charge >= 0.3 is 0 Å². The van der Waals surface area contributed by atoms with Crippen molar-refractivity contribution in [2.75, 3.05) is 18.5 Å². The van der Waals surface area contributed by atoms with Crippen LogP contribution >= 0.6 is 22.6 Å². The van der Waals surface area contributed by atoms with Gasteiger partial charge in [-0.25, -0.2) is 9.97 Å². The monoisotopic (exact) mass is 339 g/mol. The zero-order valence-corrected chi connectivity index (χ0v) is 11.8. The first kappa shape index (κ1) is 12.3. The highest BCUT2D eigenvalue weighted by atomic mass is 127. The van der Waals surface area contributed by atoms with Crippen LogP contribution in [0.25, 0.3) is 0 Å². The van der Waals surface area contributed by atoms with E-state index >= 15 is 0 Å². The van der Waals surface area contributed by atoms with Crippen molar-refractivity contribution in [3.05, 3.63) is 51.9 Å². The highest BCUT2D eigenvalue weighted by Gasteiger charge is 2.03. The van der Waals surface area contributed by atoms with E-state index in [1.807, 2.05) is 25.5 Å². The Hall–Kier alpha value is -1.17. The first-order valence-corrected chi connectivity index (χ1v) is 6.56. The lowest BCUT2D eigenvalue weighted by Crippen LogP contribution is -2.22. The molecule has 3 nitrogen and oxygen atoms in total. The second kappa shape index (κ2) is 5.95. The molecule has 0 saturated heterocycles. The van der Waals surface area contributed by atoms with Gasteiger partial charge in [0, 0.05) is 29.6 Å². The predicted molar refractivity (Wildman–Crippen MR) is 78.2 cm³/mol. The zero-order valence-electron chi connectivity index (χ0n) is 9.68. The fourth-order valence-electron chi connectivity index (χ4n) is 1.54. The third-order valence-electron chi connectivity index (χ3n) is 2.53. The molecule has 1 aromatic heterocycles. The van der Waals surface area contributed by atoms with Gasteiger partial charge in [0.25, 0.3) is 0 Å². The number of benzene rings is 1. The molecule has 0 aliphatic heterocycles. The molecule has 1 aromatic carbocycles. The third kappa shape index (κ3) is 3.66. The Labute approximate surface area is 115 Å². The lowest BCUT2D eigenvalue weighted by atomic mass is 10.1. The normalized spacial score (nSPS) is 10.2. The summed E-state index contributed by atoms with van der Waals surface area (Å²) in [7, 11) is 2.02. The first-order valence-electron chi connectivity index (χ1n) is 5.48. The van der Waals surface area contributed by atoms with Crippen LogP contribution in [0.1, 0.15) is 5.56 Å². The van der Waals surface area contributed by atoms with Crippen molar-refractivity contribution in [3.63, 3.8) is 0 Å². The van der Waals surface area contributed by atoms with Crippen molar-refractivity contribution in [2.45, 2.75) is 6.42 Å². The molecule has 0 aliphatic carbocycles. The van der Waals surface area contributed by atoms with Gasteiger partial charge in [-0.05, 0) is 34.6 Å². The van der Waals surface area contributed by atoms with Gasteiger partial charge < -0.3 is 4.90 Å². The van der Waals surface area contributed by atoms with Crippen molar-refractivity contribution in [3.8, 4) is 0 Å². The summed E-state index contributed by atoms with van der Waals surface area (Å²) in [6.07, 6.45) is 4.68. The number of halogens is 1. The molecule has 0 aliphatic rings. The van der Waals surface area contributed by atoms with Crippen LogP contribution in [0.2, 0.25) is 0 Å². The summed E-state index contributed by atoms with van der Waals surface area (Å²) in [5, 5.41) is 0. The highest BCUT2D eigenvalue weighted by molar-refractivity contribution is 14.1. The topological polar surface area (TPSA) is 29.0 Å². The Morgan fingerprint density at radius 2 is 1.76 bits per heavy atom. The minimum Gasteiger partial charge on any atom is -0.344 e. The largest absolute Gasteiger partial charge is 0.344 e. The van der Waals surface area contributed by atoms with Gasteiger partial charge in [-0.3, -0.25) is 0 Å². The van der Waals surface area contributed by atoms with Crippen LogP contribution in [-0.4, -0.2) is 23.6 Å². The van der Waals surface area contributed by atoms with Crippen LogP contribution in [0.3, 0.4) is 0 Å². The fraction of sp³-hybridized carbons (Fsp3) is 0.231. The van der Waals surface area contributed by atoms with E-state index in [1.165, 1.54) is 5.56 Å². The van der Waals surface area contributed by atoms with Crippen LogP contribution in [0.15, 0.2) is 42.7 Å². The summed E-state index contributed by atoms with van der Waals surface area (Å²) in [5.74, 6) is 0.779. The van der Waals surface area contributed by atoms with Gasteiger partial charge in [-0.2, -0.15) is 0 Å². The van der Waals surface area contributed by atoms with Gasteiger partial charge in [-0.1, -0.05) is 30.3 Å². The van der Waals surface area contributed by atoms with Crippen molar-refractivity contribution in [1.29, 1.82) is 0 Å². The molecule has 0 spiro atoms. The van der Waals surface area contributed by atoms with Crippen LogP contribution in [0.5, 0.6) is 0 Å². The minimum atomic E-state index is 0.779. The van der Waals surface area contributed by atoms with Crippen LogP contribution in [0.4, 0.5) is 5.95 Å². The average Bonchev–Trinajstić information content (AvgIpc) is 2.38. The summed E-state index contributed by atoms with van der Waals surface area (Å²) in [4.78, 5) is 10.7. The van der Waals surface area contributed by atoms with E-state index in [0.29, 0.717) is 0 Å². The van der Waals surface area contributed by atoms with Crippen LogP contribution < -0.4 is 4.90 Å². The van der Waals surface area contributed by atoms with E-state index in [0.717, 1.165) is 22.5 Å². The number of hydrogen-bond donors (Lipinski definition) is 0. The Kier molecular flexibility index (Phi) is 4.30. The van der Waals surface area contributed by atoms with Crippen LogP contribution in [-0.2, 0) is 6.42 Å². The van der Waals surface area contributed by atoms with Gasteiger partial charge in [0.2, 0.25) is 5.95 Å². The summed E-state index contributed by atoms with van der Waals surface area (Å²) < 4.78 is 1.06.